The Morgan fingerprint density at radius 1 is 1.30 bits per heavy atom. The lowest BCUT2D eigenvalue weighted by atomic mass is 10.3. The quantitative estimate of drug-likeness (QED) is 0.528. The third kappa shape index (κ3) is 0.744. The first kappa shape index (κ1) is 5.92. The van der Waals surface area contributed by atoms with Crippen LogP contribution in [0.25, 0.3) is 0 Å². The molecular weight excluding hydrogens is 150 g/mol. The molecule has 1 radical (unpaired) electrons. The molecule has 0 bridgehead atoms. The molecule has 2 rings (SSSR count). The fourth-order valence-corrected chi connectivity index (χ4v) is 1.03. The maximum atomic E-state index is 5.74. The summed E-state index contributed by atoms with van der Waals surface area (Å²) in [5.41, 5.74) is 0. The summed E-state index contributed by atoms with van der Waals surface area (Å²) in [5.74, 6) is 1.27. The molecule has 0 aliphatic carbocycles. The van der Waals surface area contributed by atoms with E-state index >= 15 is 0 Å². The Morgan fingerprint density at radius 2 is 2.20 bits per heavy atom. The molecule has 0 amide bonds. The summed E-state index contributed by atoms with van der Waals surface area (Å²) in [4.78, 5) is 0. The van der Waals surface area contributed by atoms with E-state index in [4.69, 9.17) is 20.9 Å². The zero-order valence-corrected chi connectivity index (χ0v) is 5.76. The molecule has 0 fully saturated rings. The fourth-order valence-electron chi connectivity index (χ4n) is 0.820. The van der Waals surface area contributed by atoms with Crippen LogP contribution in [-0.2, 0) is 0 Å². The molecule has 0 saturated heterocycles. The molecule has 49 valence electrons. The van der Waals surface area contributed by atoms with E-state index in [2.05, 4.69) is 0 Å². The Labute approximate surface area is 64.0 Å². The van der Waals surface area contributed by atoms with Crippen LogP contribution in [0.3, 0.4) is 0 Å². The molecule has 0 unspecified atom stereocenters. The molecule has 0 saturated carbocycles. The predicted molar refractivity (Wildman–Crippen MR) is 38.5 cm³/mol. The lowest BCUT2D eigenvalue weighted by Gasteiger charge is -1.97. The molecule has 4 heteroatoms. The van der Waals surface area contributed by atoms with Crippen molar-refractivity contribution in [2.24, 2.45) is 0 Å². The number of benzene rings is 1. The highest BCUT2D eigenvalue weighted by atomic mass is 35.5. The Morgan fingerprint density at radius 3 is 3.00 bits per heavy atom. The maximum absolute atomic E-state index is 5.74. The van der Waals surface area contributed by atoms with Gasteiger partial charge in [0, 0.05) is 0 Å². The summed E-state index contributed by atoms with van der Waals surface area (Å²) in [6.45, 7) is 0. The number of para-hydroxylation sites is 1. The zero-order valence-electron chi connectivity index (χ0n) is 5.00. The van der Waals surface area contributed by atoms with Gasteiger partial charge in [0.2, 0.25) is 0 Å². The average Bonchev–Trinajstić information content (AvgIpc) is 2.36. The van der Waals surface area contributed by atoms with Gasteiger partial charge in [-0.15, -0.1) is 0 Å². The van der Waals surface area contributed by atoms with Crippen molar-refractivity contribution in [1.82, 2.24) is 0 Å². The number of halogens is 1. The van der Waals surface area contributed by atoms with Crippen LogP contribution in [0.2, 0.25) is 5.02 Å². The fraction of sp³-hybridized carbons (Fsp3) is 0. The largest absolute Gasteiger partial charge is 0.658 e. The molecule has 0 spiro atoms. The van der Waals surface area contributed by atoms with Crippen molar-refractivity contribution in [3.63, 3.8) is 0 Å². The van der Waals surface area contributed by atoms with Crippen LogP contribution < -0.4 is 9.31 Å². The van der Waals surface area contributed by atoms with Gasteiger partial charge >= 0.3 is 7.69 Å². The first-order chi connectivity index (χ1) is 4.88. The summed E-state index contributed by atoms with van der Waals surface area (Å²) in [5, 5.41) is 0.575. The summed E-state index contributed by atoms with van der Waals surface area (Å²) >= 11 is 5.74. The van der Waals surface area contributed by atoms with E-state index in [1.807, 2.05) is 6.07 Å². The minimum atomic E-state index is 0.575. The van der Waals surface area contributed by atoms with Gasteiger partial charge in [0.05, 0.1) is 5.02 Å². The second kappa shape index (κ2) is 2.09. The number of hydrogen-bond acceptors (Lipinski definition) is 2. The number of rotatable bonds is 0. The molecule has 1 aromatic carbocycles. The third-order valence-electron chi connectivity index (χ3n) is 1.27. The first-order valence-corrected chi connectivity index (χ1v) is 3.19. The van der Waals surface area contributed by atoms with Crippen molar-refractivity contribution < 1.29 is 9.31 Å². The standard InChI is InChI=1S/C6H3BClO2/c8-4-2-1-3-5-6(4)10-7-9-5/h1-3H. The minimum Gasteiger partial charge on any atom is -0.524 e. The molecule has 0 N–H and O–H groups in total. The number of hydrogen-bond donors (Lipinski definition) is 0. The highest BCUT2D eigenvalue weighted by Crippen LogP contribution is 2.37. The van der Waals surface area contributed by atoms with Gasteiger partial charge < -0.3 is 9.31 Å². The Kier molecular flexibility index (Phi) is 1.24. The van der Waals surface area contributed by atoms with E-state index in [0.717, 1.165) is 0 Å². The van der Waals surface area contributed by atoms with Crippen molar-refractivity contribution in [2.75, 3.05) is 0 Å². The van der Waals surface area contributed by atoms with Gasteiger partial charge in [-0.05, 0) is 12.1 Å². The lowest BCUT2D eigenvalue weighted by molar-refractivity contribution is 0.541. The zero-order chi connectivity index (χ0) is 6.97. The molecule has 1 heterocycles. The van der Waals surface area contributed by atoms with Crippen molar-refractivity contribution in [3.05, 3.63) is 23.2 Å². The van der Waals surface area contributed by atoms with Gasteiger partial charge in [-0.1, -0.05) is 17.7 Å². The van der Waals surface area contributed by atoms with Crippen LogP contribution in [0, 0.1) is 0 Å². The van der Waals surface area contributed by atoms with Gasteiger partial charge in [0.15, 0.2) is 5.75 Å². The van der Waals surface area contributed by atoms with Crippen molar-refractivity contribution in [1.29, 1.82) is 0 Å². The van der Waals surface area contributed by atoms with Gasteiger partial charge in [0.1, 0.15) is 5.75 Å². The van der Waals surface area contributed by atoms with Crippen molar-refractivity contribution >= 4 is 19.3 Å². The van der Waals surface area contributed by atoms with Gasteiger partial charge in [-0.25, -0.2) is 0 Å². The summed E-state index contributed by atoms with van der Waals surface area (Å²) in [6, 6.07) is 5.36. The predicted octanol–water partition coefficient (Wildman–Crippen LogP) is 1.65. The van der Waals surface area contributed by atoms with Crippen LogP contribution in [-0.4, -0.2) is 7.69 Å². The maximum Gasteiger partial charge on any atom is 0.658 e. The van der Waals surface area contributed by atoms with Gasteiger partial charge in [-0.3, -0.25) is 0 Å². The van der Waals surface area contributed by atoms with Crippen LogP contribution in [0.1, 0.15) is 0 Å². The molecule has 1 aliphatic heterocycles. The van der Waals surface area contributed by atoms with Crippen molar-refractivity contribution in [2.45, 2.75) is 0 Å². The summed E-state index contributed by atoms with van der Waals surface area (Å²) in [7, 11) is 1.26. The van der Waals surface area contributed by atoms with E-state index < -0.39 is 0 Å². The normalized spacial score (nSPS) is 12.9. The topological polar surface area (TPSA) is 18.5 Å². The Balaban J connectivity index is 2.59. The molecule has 2 nitrogen and oxygen atoms in total. The van der Waals surface area contributed by atoms with E-state index in [1.165, 1.54) is 7.69 Å². The van der Waals surface area contributed by atoms with E-state index in [0.29, 0.717) is 16.5 Å². The molecule has 0 aromatic heterocycles. The van der Waals surface area contributed by atoms with Crippen LogP contribution in [0.15, 0.2) is 18.2 Å². The average molecular weight is 153 g/mol. The van der Waals surface area contributed by atoms with Gasteiger partial charge in [-0.2, -0.15) is 0 Å². The lowest BCUT2D eigenvalue weighted by Crippen LogP contribution is -1.99. The molecule has 1 aliphatic rings. The highest BCUT2D eigenvalue weighted by Gasteiger charge is 2.18. The first-order valence-electron chi connectivity index (χ1n) is 2.81. The van der Waals surface area contributed by atoms with Crippen LogP contribution >= 0.6 is 11.6 Å². The minimum absolute atomic E-state index is 0.575. The summed E-state index contributed by atoms with van der Waals surface area (Å²) in [6.07, 6.45) is 0. The van der Waals surface area contributed by atoms with Crippen LogP contribution in [0.5, 0.6) is 11.5 Å². The van der Waals surface area contributed by atoms with E-state index in [-0.39, 0.29) is 0 Å². The monoisotopic (exact) mass is 153 g/mol. The number of fused-ring (bicyclic) bond motifs is 1. The third-order valence-corrected chi connectivity index (χ3v) is 1.57. The Hall–Kier alpha value is -0.825. The van der Waals surface area contributed by atoms with Crippen LogP contribution in [0.4, 0.5) is 0 Å². The SMILES string of the molecule is Clc1cccc2c1O[B]O2. The Bertz CT molecular complexity index is 264. The van der Waals surface area contributed by atoms with E-state index in [1.54, 1.807) is 12.1 Å². The summed E-state index contributed by atoms with van der Waals surface area (Å²) < 4.78 is 9.90. The van der Waals surface area contributed by atoms with Crippen molar-refractivity contribution in [3.8, 4) is 11.5 Å². The molecule has 1 aromatic rings. The molecular formula is C6H3BClO2. The second-order valence-electron chi connectivity index (χ2n) is 1.90. The van der Waals surface area contributed by atoms with Gasteiger partial charge in [0.25, 0.3) is 0 Å². The smallest absolute Gasteiger partial charge is 0.524 e. The van der Waals surface area contributed by atoms with E-state index in [9.17, 15) is 0 Å². The second-order valence-corrected chi connectivity index (χ2v) is 2.31. The molecule has 0 atom stereocenters. The highest BCUT2D eigenvalue weighted by molar-refractivity contribution is 6.34. The molecule has 10 heavy (non-hydrogen) atoms.